The third kappa shape index (κ3) is 2.99. The molecular weight excluding hydrogens is 310 g/mol. The largest absolute Gasteiger partial charge is 0.497 e. The summed E-state index contributed by atoms with van der Waals surface area (Å²) in [5, 5.41) is 0.353. The lowest BCUT2D eigenvalue weighted by atomic mass is 10.1. The topological polar surface area (TPSA) is 78.6 Å². The van der Waals surface area contributed by atoms with Crippen LogP contribution in [0.25, 0.3) is 22.4 Å². The molecule has 0 aliphatic rings. The molecule has 3 aromatic rings. The van der Waals surface area contributed by atoms with E-state index in [0.717, 1.165) is 5.56 Å². The molecule has 1 heterocycles. The minimum Gasteiger partial charge on any atom is -0.497 e. The fraction of sp³-hybridized carbons (Fsp3) is 0.167. The molecule has 6 heteroatoms. The molecule has 0 saturated heterocycles. The monoisotopic (exact) mass is 325 g/mol. The Balaban J connectivity index is 2.16. The molecule has 24 heavy (non-hydrogen) atoms. The zero-order chi connectivity index (χ0) is 17.3. The van der Waals surface area contributed by atoms with E-state index in [-0.39, 0.29) is 5.89 Å². The van der Waals surface area contributed by atoms with Crippen LogP contribution < -0.4 is 15.0 Å². The van der Waals surface area contributed by atoms with Crippen molar-refractivity contribution in [3.63, 3.8) is 0 Å². The third-order valence-corrected chi connectivity index (χ3v) is 3.46. The van der Waals surface area contributed by atoms with Crippen molar-refractivity contribution in [3.8, 4) is 23.0 Å². The Morgan fingerprint density at radius 2 is 1.96 bits per heavy atom. The zero-order valence-corrected chi connectivity index (χ0v) is 13.5. The molecule has 0 amide bonds. The number of aromatic nitrogens is 1. The molecule has 0 unspecified atom stereocenters. The third-order valence-electron chi connectivity index (χ3n) is 3.46. The van der Waals surface area contributed by atoms with E-state index < -0.39 is 11.5 Å². The van der Waals surface area contributed by atoms with Gasteiger partial charge in [0.15, 0.2) is 0 Å². The van der Waals surface area contributed by atoms with E-state index in [2.05, 4.69) is 4.98 Å². The predicted octanol–water partition coefficient (Wildman–Crippen LogP) is 3.10. The van der Waals surface area contributed by atoms with Crippen molar-refractivity contribution in [1.82, 2.24) is 4.98 Å². The number of carbonyl (C=O) groups excluding carboxylic acids is 1. The Labute approximate surface area is 137 Å². The van der Waals surface area contributed by atoms with Crippen molar-refractivity contribution in [1.29, 1.82) is 0 Å². The lowest BCUT2D eigenvalue weighted by Crippen LogP contribution is -2.08. The summed E-state index contributed by atoms with van der Waals surface area (Å²) in [4.78, 5) is 27.4. The summed E-state index contributed by atoms with van der Waals surface area (Å²) in [5.41, 5.74) is 1.35. The quantitative estimate of drug-likeness (QED) is 0.544. The van der Waals surface area contributed by atoms with Crippen molar-refractivity contribution in [2.45, 2.75) is 13.8 Å². The summed E-state index contributed by atoms with van der Waals surface area (Å²) in [5.74, 6) is 0.660. The molecule has 0 saturated carbocycles. The molecule has 3 rings (SSSR count). The van der Waals surface area contributed by atoms with Crippen molar-refractivity contribution in [3.05, 3.63) is 52.3 Å². The number of fused-ring (bicyclic) bond motifs is 1. The van der Waals surface area contributed by atoms with Gasteiger partial charge < -0.3 is 13.9 Å². The molecular formula is C18H15NO5. The predicted molar refractivity (Wildman–Crippen MR) is 88.3 cm³/mol. The first-order chi connectivity index (χ1) is 11.5. The zero-order valence-electron chi connectivity index (χ0n) is 13.5. The molecule has 0 aliphatic carbocycles. The van der Waals surface area contributed by atoms with Gasteiger partial charge in [-0.05, 0) is 42.8 Å². The van der Waals surface area contributed by atoms with Crippen LogP contribution in [0.2, 0.25) is 0 Å². The fourth-order valence-corrected chi connectivity index (χ4v) is 2.41. The van der Waals surface area contributed by atoms with Gasteiger partial charge in [-0.25, -0.2) is 0 Å². The number of ether oxygens (including phenoxy) is 2. The Morgan fingerprint density at radius 3 is 2.67 bits per heavy atom. The number of hydrogen-bond donors (Lipinski definition) is 0. The highest BCUT2D eigenvalue weighted by Crippen LogP contribution is 2.27. The number of hydrogen-bond acceptors (Lipinski definition) is 6. The second kappa shape index (κ2) is 6.16. The van der Waals surface area contributed by atoms with Gasteiger partial charge in [0.1, 0.15) is 17.1 Å². The van der Waals surface area contributed by atoms with E-state index in [0.29, 0.717) is 28.0 Å². The number of nitrogens with zero attached hydrogens (tertiary/aromatic N) is 1. The van der Waals surface area contributed by atoms with Gasteiger partial charge in [0, 0.05) is 12.5 Å². The normalized spacial score (nSPS) is 10.6. The Hall–Kier alpha value is -3.15. The average Bonchev–Trinajstić information content (AvgIpc) is 2.55. The second-order valence-corrected chi connectivity index (χ2v) is 5.27. The van der Waals surface area contributed by atoms with Gasteiger partial charge in [0.2, 0.25) is 5.89 Å². The van der Waals surface area contributed by atoms with E-state index in [1.807, 2.05) is 6.92 Å². The van der Waals surface area contributed by atoms with E-state index in [1.165, 1.54) is 14.0 Å². The molecule has 0 bridgehead atoms. The molecule has 0 spiro atoms. The maximum absolute atomic E-state index is 12.3. The maximum atomic E-state index is 12.3. The number of rotatable bonds is 3. The first-order valence-electron chi connectivity index (χ1n) is 7.26. The minimum atomic E-state index is -0.428. The summed E-state index contributed by atoms with van der Waals surface area (Å²) in [6.45, 7) is 3.14. The first-order valence-corrected chi connectivity index (χ1v) is 7.26. The minimum absolute atomic E-state index is 0.162. The summed E-state index contributed by atoms with van der Waals surface area (Å²) in [7, 11) is 1.53. The summed E-state index contributed by atoms with van der Waals surface area (Å²) >= 11 is 0. The number of carbonyl (C=O) groups is 1. The van der Waals surface area contributed by atoms with Gasteiger partial charge in [-0.15, -0.1) is 0 Å². The number of methoxy groups -OCH3 is 1. The van der Waals surface area contributed by atoms with Crippen LogP contribution in [-0.2, 0) is 4.79 Å². The van der Waals surface area contributed by atoms with Crippen molar-refractivity contribution in [2.75, 3.05) is 7.11 Å². The Bertz CT molecular complexity index is 990. The van der Waals surface area contributed by atoms with Crippen LogP contribution in [0.1, 0.15) is 12.5 Å². The van der Waals surface area contributed by atoms with Gasteiger partial charge in [-0.1, -0.05) is 6.07 Å². The van der Waals surface area contributed by atoms with Crippen molar-refractivity contribution in [2.24, 2.45) is 0 Å². The smallest absolute Gasteiger partial charge is 0.308 e. The summed E-state index contributed by atoms with van der Waals surface area (Å²) < 4.78 is 16.0. The van der Waals surface area contributed by atoms with E-state index >= 15 is 0 Å². The van der Waals surface area contributed by atoms with Crippen LogP contribution >= 0.6 is 0 Å². The molecule has 1 aromatic heterocycles. The maximum Gasteiger partial charge on any atom is 0.308 e. The fourth-order valence-electron chi connectivity index (χ4n) is 2.41. The Kier molecular flexibility index (Phi) is 4.04. The van der Waals surface area contributed by atoms with Crippen LogP contribution in [0.15, 0.2) is 45.6 Å². The summed E-state index contributed by atoms with van der Waals surface area (Å²) in [6, 6.07) is 10.0. The molecule has 0 atom stereocenters. The van der Waals surface area contributed by atoms with E-state index in [1.54, 1.807) is 36.4 Å². The van der Waals surface area contributed by atoms with Crippen LogP contribution in [0.5, 0.6) is 11.5 Å². The Morgan fingerprint density at radius 1 is 1.17 bits per heavy atom. The lowest BCUT2D eigenvalue weighted by Gasteiger charge is -2.07. The van der Waals surface area contributed by atoms with Crippen LogP contribution in [0, 0.1) is 6.92 Å². The molecule has 122 valence electrons. The first kappa shape index (κ1) is 15.7. The van der Waals surface area contributed by atoms with Crippen LogP contribution in [0.4, 0.5) is 0 Å². The molecule has 0 fully saturated rings. The SMILES string of the molecule is COc1cc(C)c2oc(-c3cccc(OC(C)=O)c3)nc(=O)c2c1. The second-order valence-electron chi connectivity index (χ2n) is 5.27. The van der Waals surface area contributed by atoms with Gasteiger partial charge >= 0.3 is 5.97 Å². The number of benzene rings is 2. The highest BCUT2D eigenvalue weighted by Gasteiger charge is 2.13. The summed E-state index contributed by atoms with van der Waals surface area (Å²) in [6.07, 6.45) is 0. The van der Waals surface area contributed by atoms with Crippen LogP contribution in [0.3, 0.4) is 0 Å². The average molecular weight is 325 g/mol. The number of esters is 1. The van der Waals surface area contributed by atoms with Crippen molar-refractivity contribution < 1.29 is 18.7 Å². The molecule has 6 nitrogen and oxygen atoms in total. The molecule has 2 aromatic carbocycles. The molecule has 0 aliphatic heterocycles. The highest BCUT2D eigenvalue weighted by molar-refractivity contribution is 5.81. The van der Waals surface area contributed by atoms with Gasteiger partial charge in [-0.2, -0.15) is 4.98 Å². The van der Waals surface area contributed by atoms with E-state index in [4.69, 9.17) is 13.9 Å². The highest BCUT2D eigenvalue weighted by atomic mass is 16.5. The molecule has 0 radical (unpaired) electrons. The number of aryl methyl sites for hydroxylation is 1. The van der Waals surface area contributed by atoms with Gasteiger partial charge in [-0.3, -0.25) is 9.59 Å². The lowest BCUT2D eigenvalue weighted by molar-refractivity contribution is -0.131. The standard InChI is InChI=1S/C18H15NO5/c1-10-7-14(22-3)9-15-16(10)24-18(19-17(15)21)12-5-4-6-13(8-12)23-11(2)20/h4-9H,1-3H3. The van der Waals surface area contributed by atoms with Gasteiger partial charge in [0.25, 0.3) is 5.56 Å². The van der Waals surface area contributed by atoms with Crippen LogP contribution in [-0.4, -0.2) is 18.1 Å². The van der Waals surface area contributed by atoms with Gasteiger partial charge in [0.05, 0.1) is 12.5 Å². The van der Waals surface area contributed by atoms with E-state index in [9.17, 15) is 9.59 Å². The van der Waals surface area contributed by atoms with Crippen molar-refractivity contribution >= 4 is 16.9 Å². The molecule has 0 N–H and O–H groups in total.